The molecule has 1 N–H and O–H groups in total. The first-order chi connectivity index (χ1) is 9.11. The van der Waals surface area contributed by atoms with Crippen molar-refractivity contribution < 1.29 is 0 Å². The summed E-state index contributed by atoms with van der Waals surface area (Å²) in [7, 11) is 0. The molecule has 0 spiro atoms. The number of benzene rings is 1. The zero-order chi connectivity index (χ0) is 13.8. The summed E-state index contributed by atoms with van der Waals surface area (Å²) in [5.74, 6) is 3.40. The Bertz CT molecular complexity index is 404. The van der Waals surface area contributed by atoms with Gasteiger partial charge in [0.2, 0.25) is 0 Å². The van der Waals surface area contributed by atoms with Gasteiger partial charge in [-0.05, 0) is 68.5 Å². The lowest BCUT2D eigenvalue weighted by molar-refractivity contribution is 0.424. The average Bonchev–Trinajstić information content (AvgIpc) is 2.78. The van der Waals surface area contributed by atoms with Crippen molar-refractivity contribution >= 4 is 11.8 Å². The van der Waals surface area contributed by atoms with Crippen LogP contribution < -0.4 is 5.32 Å². The highest BCUT2D eigenvalue weighted by molar-refractivity contribution is 7.99. The van der Waals surface area contributed by atoms with E-state index in [1.165, 1.54) is 41.0 Å². The van der Waals surface area contributed by atoms with E-state index in [1.54, 1.807) is 5.56 Å². The maximum Gasteiger partial charge on any atom is 0.0197 e. The average molecular weight is 277 g/mol. The van der Waals surface area contributed by atoms with Crippen molar-refractivity contribution in [3.63, 3.8) is 0 Å². The molecule has 0 saturated carbocycles. The molecule has 2 unspecified atom stereocenters. The van der Waals surface area contributed by atoms with E-state index in [2.05, 4.69) is 56.9 Å². The van der Waals surface area contributed by atoms with Crippen molar-refractivity contribution in [3.8, 4) is 0 Å². The lowest BCUT2D eigenvalue weighted by Crippen LogP contribution is -2.37. The third kappa shape index (κ3) is 3.76. The minimum absolute atomic E-state index is 0.713. The zero-order valence-electron chi connectivity index (χ0n) is 12.8. The van der Waals surface area contributed by atoms with Gasteiger partial charge in [0.1, 0.15) is 0 Å². The van der Waals surface area contributed by atoms with Gasteiger partial charge in [-0.15, -0.1) is 0 Å². The molecule has 1 aromatic carbocycles. The lowest BCUT2D eigenvalue weighted by atomic mass is 9.89. The highest BCUT2D eigenvalue weighted by atomic mass is 32.2. The molecule has 2 atom stereocenters. The molecule has 0 radical (unpaired) electrons. The fraction of sp³-hybridized carbons (Fsp3) is 0.647. The largest absolute Gasteiger partial charge is 0.313 e. The van der Waals surface area contributed by atoms with Gasteiger partial charge in [0, 0.05) is 11.8 Å². The van der Waals surface area contributed by atoms with Gasteiger partial charge in [-0.25, -0.2) is 0 Å². The maximum atomic E-state index is 3.73. The minimum Gasteiger partial charge on any atom is -0.313 e. The van der Waals surface area contributed by atoms with Crippen LogP contribution in [0.4, 0.5) is 0 Å². The predicted molar refractivity (Wildman–Crippen MR) is 87.3 cm³/mol. The van der Waals surface area contributed by atoms with Crippen LogP contribution in [0.5, 0.6) is 0 Å². The molecule has 1 heterocycles. The summed E-state index contributed by atoms with van der Waals surface area (Å²) in [6, 6.07) is 5.38. The van der Waals surface area contributed by atoms with Gasteiger partial charge < -0.3 is 5.32 Å². The van der Waals surface area contributed by atoms with Crippen molar-refractivity contribution in [2.45, 2.75) is 46.6 Å². The molecule has 2 rings (SSSR count). The molecular formula is C17H27NS. The molecule has 1 saturated heterocycles. The summed E-state index contributed by atoms with van der Waals surface area (Å²) in [4.78, 5) is 0. The first kappa shape index (κ1) is 14.9. The predicted octanol–water partition coefficient (Wildman–Crippen LogP) is 3.89. The highest BCUT2D eigenvalue weighted by Crippen LogP contribution is 2.29. The molecule has 0 bridgehead atoms. The molecule has 1 aliphatic rings. The smallest absolute Gasteiger partial charge is 0.0197 e. The van der Waals surface area contributed by atoms with E-state index in [-0.39, 0.29) is 0 Å². The molecule has 1 aliphatic heterocycles. The molecule has 0 amide bonds. The topological polar surface area (TPSA) is 12.0 Å². The Morgan fingerprint density at radius 3 is 2.47 bits per heavy atom. The summed E-state index contributed by atoms with van der Waals surface area (Å²) >= 11 is 2.11. The monoisotopic (exact) mass is 277 g/mol. The van der Waals surface area contributed by atoms with Crippen LogP contribution in [0.15, 0.2) is 12.1 Å². The van der Waals surface area contributed by atoms with E-state index in [1.807, 2.05) is 0 Å². The Morgan fingerprint density at radius 1 is 1.16 bits per heavy atom. The van der Waals surface area contributed by atoms with Gasteiger partial charge in [0.15, 0.2) is 0 Å². The van der Waals surface area contributed by atoms with E-state index >= 15 is 0 Å². The van der Waals surface area contributed by atoms with E-state index in [9.17, 15) is 0 Å². The second kappa shape index (κ2) is 6.81. The summed E-state index contributed by atoms with van der Waals surface area (Å²) < 4.78 is 0. The first-order valence-electron chi connectivity index (χ1n) is 7.49. The van der Waals surface area contributed by atoms with Gasteiger partial charge in [0.25, 0.3) is 0 Å². The fourth-order valence-electron chi connectivity index (χ4n) is 3.15. The van der Waals surface area contributed by atoms with Crippen LogP contribution >= 0.6 is 11.8 Å². The number of thioether (sulfide) groups is 1. The Labute approximate surface area is 122 Å². The molecule has 1 nitrogen and oxygen atoms in total. The van der Waals surface area contributed by atoms with Crippen LogP contribution in [-0.4, -0.2) is 24.1 Å². The number of aryl methyl sites for hydroxylation is 3. The third-order valence-electron chi connectivity index (χ3n) is 4.16. The van der Waals surface area contributed by atoms with Crippen molar-refractivity contribution in [2.24, 2.45) is 5.92 Å². The third-order valence-corrected chi connectivity index (χ3v) is 5.42. The molecule has 1 fully saturated rings. The highest BCUT2D eigenvalue weighted by Gasteiger charge is 2.28. The Balaban J connectivity index is 2.08. The van der Waals surface area contributed by atoms with Crippen molar-refractivity contribution in [1.29, 1.82) is 0 Å². The van der Waals surface area contributed by atoms with Crippen LogP contribution in [-0.2, 0) is 6.42 Å². The second-order valence-corrected chi connectivity index (χ2v) is 7.01. The normalized spacial score (nSPS) is 22.9. The number of hydrogen-bond acceptors (Lipinski definition) is 2. The summed E-state index contributed by atoms with van der Waals surface area (Å²) in [5.41, 5.74) is 5.92. The number of rotatable bonds is 5. The Hall–Kier alpha value is -0.470. The van der Waals surface area contributed by atoms with Crippen LogP contribution in [0.3, 0.4) is 0 Å². The van der Waals surface area contributed by atoms with Gasteiger partial charge in [0.05, 0.1) is 0 Å². The summed E-state index contributed by atoms with van der Waals surface area (Å²) in [6.07, 6.45) is 2.48. The van der Waals surface area contributed by atoms with Gasteiger partial charge in [-0.2, -0.15) is 11.8 Å². The SMILES string of the molecule is CCCNC1CSCC1Cc1c(C)cc(C)cc1C. The van der Waals surface area contributed by atoms with Crippen LogP contribution in [0.25, 0.3) is 0 Å². The number of nitrogens with one attached hydrogen (secondary N) is 1. The van der Waals surface area contributed by atoms with E-state index < -0.39 is 0 Å². The molecule has 0 aliphatic carbocycles. The van der Waals surface area contributed by atoms with Crippen LogP contribution in [0.1, 0.15) is 35.6 Å². The minimum atomic E-state index is 0.713. The zero-order valence-corrected chi connectivity index (χ0v) is 13.6. The summed E-state index contributed by atoms with van der Waals surface area (Å²) in [5, 5.41) is 3.73. The van der Waals surface area contributed by atoms with E-state index in [0.29, 0.717) is 6.04 Å². The quantitative estimate of drug-likeness (QED) is 0.876. The van der Waals surface area contributed by atoms with E-state index in [0.717, 1.165) is 12.5 Å². The molecule has 0 aromatic heterocycles. The van der Waals surface area contributed by atoms with Crippen LogP contribution in [0, 0.1) is 26.7 Å². The molecule has 19 heavy (non-hydrogen) atoms. The molecule has 106 valence electrons. The van der Waals surface area contributed by atoms with Crippen molar-refractivity contribution in [1.82, 2.24) is 5.32 Å². The van der Waals surface area contributed by atoms with Gasteiger partial charge in [-0.1, -0.05) is 24.6 Å². The second-order valence-electron chi connectivity index (χ2n) is 5.94. The molecule has 2 heteroatoms. The molecular weight excluding hydrogens is 250 g/mol. The van der Waals surface area contributed by atoms with Gasteiger partial charge >= 0.3 is 0 Å². The summed E-state index contributed by atoms with van der Waals surface area (Å²) in [6.45, 7) is 10.1. The van der Waals surface area contributed by atoms with Crippen molar-refractivity contribution in [3.05, 3.63) is 34.4 Å². The fourth-order valence-corrected chi connectivity index (χ4v) is 4.58. The lowest BCUT2D eigenvalue weighted by Gasteiger charge is -2.22. The Morgan fingerprint density at radius 2 is 1.84 bits per heavy atom. The standard InChI is InChI=1S/C17H27NS/c1-5-6-18-17-11-19-10-15(17)9-16-13(3)7-12(2)8-14(16)4/h7-8,15,17-18H,5-6,9-11H2,1-4H3. The Kier molecular flexibility index (Phi) is 5.35. The van der Waals surface area contributed by atoms with E-state index in [4.69, 9.17) is 0 Å². The first-order valence-corrected chi connectivity index (χ1v) is 8.65. The van der Waals surface area contributed by atoms with Crippen LogP contribution in [0.2, 0.25) is 0 Å². The van der Waals surface area contributed by atoms with Gasteiger partial charge in [-0.3, -0.25) is 0 Å². The molecule has 1 aromatic rings. The number of hydrogen-bond donors (Lipinski definition) is 1. The maximum absolute atomic E-state index is 3.73. The van der Waals surface area contributed by atoms with Crippen molar-refractivity contribution in [2.75, 3.05) is 18.1 Å².